The van der Waals surface area contributed by atoms with Crippen molar-refractivity contribution in [1.29, 1.82) is 0 Å². The molecule has 0 unspecified atom stereocenters. The molecule has 1 aliphatic rings. The second-order valence-electron chi connectivity index (χ2n) is 7.18. The third-order valence-electron chi connectivity index (χ3n) is 5.11. The van der Waals surface area contributed by atoms with Crippen LogP contribution in [-0.2, 0) is 13.0 Å². The van der Waals surface area contributed by atoms with Crippen molar-refractivity contribution < 1.29 is 4.39 Å². The van der Waals surface area contributed by atoms with Gasteiger partial charge in [0, 0.05) is 32.0 Å². The van der Waals surface area contributed by atoms with Crippen LogP contribution >= 0.6 is 0 Å². The van der Waals surface area contributed by atoms with Crippen LogP contribution in [0.3, 0.4) is 0 Å². The van der Waals surface area contributed by atoms with E-state index in [-0.39, 0.29) is 5.82 Å². The minimum Gasteiger partial charge on any atom is -0.303 e. The minimum atomic E-state index is -0.0746. The van der Waals surface area contributed by atoms with Crippen molar-refractivity contribution in [3.8, 4) is 0 Å². The molecular formula is C21H28FN3. The van der Waals surface area contributed by atoms with E-state index in [0.29, 0.717) is 0 Å². The molecule has 2 aromatic rings. The van der Waals surface area contributed by atoms with Crippen molar-refractivity contribution in [2.45, 2.75) is 25.8 Å². The van der Waals surface area contributed by atoms with E-state index in [4.69, 9.17) is 0 Å². The molecule has 25 heavy (non-hydrogen) atoms. The fraction of sp³-hybridized carbons (Fsp3) is 0.476. The number of nitrogens with zero attached hydrogens (tertiary/aromatic N) is 3. The van der Waals surface area contributed by atoms with Gasteiger partial charge in [0.05, 0.1) is 0 Å². The highest BCUT2D eigenvalue weighted by molar-refractivity contribution is 5.17. The quantitative estimate of drug-likeness (QED) is 0.767. The number of likely N-dealkylation sites (tertiary alicyclic amines) is 1. The van der Waals surface area contributed by atoms with Crippen molar-refractivity contribution in [1.82, 2.24) is 14.8 Å². The Morgan fingerprint density at radius 3 is 2.68 bits per heavy atom. The van der Waals surface area contributed by atoms with Crippen molar-refractivity contribution in [2.75, 3.05) is 33.2 Å². The number of piperidine rings is 1. The van der Waals surface area contributed by atoms with Crippen LogP contribution in [0.15, 0.2) is 48.8 Å². The van der Waals surface area contributed by atoms with Gasteiger partial charge in [-0.3, -0.25) is 4.98 Å². The molecule has 1 aromatic heterocycles. The predicted molar refractivity (Wildman–Crippen MR) is 99.8 cm³/mol. The molecule has 134 valence electrons. The first-order valence-electron chi connectivity index (χ1n) is 9.24. The molecule has 0 radical (unpaired) electrons. The summed E-state index contributed by atoms with van der Waals surface area (Å²) in [4.78, 5) is 9.06. The molecule has 2 heterocycles. The number of rotatable bonds is 7. The number of aromatic nitrogens is 1. The van der Waals surface area contributed by atoms with Crippen LogP contribution in [0, 0.1) is 11.7 Å². The predicted octanol–water partition coefficient (Wildman–Crippen LogP) is 3.61. The molecule has 0 aliphatic carbocycles. The van der Waals surface area contributed by atoms with Gasteiger partial charge in [0.2, 0.25) is 0 Å². The van der Waals surface area contributed by atoms with Gasteiger partial charge in [-0.25, -0.2) is 4.39 Å². The topological polar surface area (TPSA) is 19.4 Å². The Morgan fingerprint density at radius 1 is 1.16 bits per heavy atom. The molecule has 1 aromatic carbocycles. The summed E-state index contributed by atoms with van der Waals surface area (Å²) in [6.07, 6.45) is 7.03. The summed E-state index contributed by atoms with van der Waals surface area (Å²) in [6.45, 7) is 5.30. The molecule has 1 fully saturated rings. The Bertz CT molecular complexity index is 639. The van der Waals surface area contributed by atoms with Gasteiger partial charge in [0.1, 0.15) is 5.82 Å². The number of pyridine rings is 1. The highest BCUT2D eigenvalue weighted by Crippen LogP contribution is 2.19. The SMILES string of the molecule is CN(Cc1cccnc1)CC1CCN(CCc2ccccc2F)CC1. The summed E-state index contributed by atoms with van der Waals surface area (Å²) >= 11 is 0. The summed E-state index contributed by atoms with van der Waals surface area (Å²) in [5, 5.41) is 0. The van der Waals surface area contributed by atoms with Gasteiger partial charge in [-0.15, -0.1) is 0 Å². The van der Waals surface area contributed by atoms with E-state index in [0.717, 1.165) is 50.6 Å². The molecule has 3 nitrogen and oxygen atoms in total. The zero-order valence-electron chi connectivity index (χ0n) is 15.1. The Balaban J connectivity index is 1.37. The van der Waals surface area contributed by atoms with Gasteiger partial charge in [-0.05, 0) is 68.6 Å². The fourth-order valence-corrected chi connectivity index (χ4v) is 3.68. The van der Waals surface area contributed by atoms with Crippen molar-refractivity contribution in [3.05, 3.63) is 65.7 Å². The molecule has 0 bridgehead atoms. The lowest BCUT2D eigenvalue weighted by molar-refractivity contribution is 0.153. The molecule has 0 N–H and O–H groups in total. The van der Waals surface area contributed by atoms with Crippen LogP contribution in [0.25, 0.3) is 0 Å². The first-order chi connectivity index (χ1) is 12.2. The summed E-state index contributed by atoms with van der Waals surface area (Å²) in [5.74, 6) is 0.681. The zero-order chi connectivity index (χ0) is 17.5. The Labute approximate surface area is 150 Å². The average molecular weight is 341 g/mol. The maximum atomic E-state index is 13.7. The van der Waals surface area contributed by atoms with Crippen molar-refractivity contribution in [3.63, 3.8) is 0 Å². The lowest BCUT2D eigenvalue weighted by atomic mass is 9.96. The van der Waals surface area contributed by atoms with Gasteiger partial charge in [0.15, 0.2) is 0 Å². The molecule has 0 amide bonds. The Hall–Kier alpha value is -1.78. The molecular weight excluding hydrogens is 313 g/mol. The van der Waals surface area contributed by atoms with Crippen LogP contribution in [0.1, 0.15) is 24.0 Å². The second-order valence-corrected chi connectivity index (χ2v) is 7.18. The van der Waals surface area contributed by atoms with E-state index < -0.39 is 0 Å². The highest BCUT2D eigenvalue weighted by atomic mass is 19.1. The molecule has 0 atom stereocenters. The first-order valence-corrected chi connectivity index (χ1v) is 9.24. The Morgan fingerprint density at radius 2 is 1.96 bits per heavy atom. The third-order valence-corrected chi connectivity index (χ3v) is 5.11. The Kier molecular flexibility index (Phi) is 6.54. The van der Waals surface area contributed by atoms with Crippen molar-refractivity contribution in [2.24, 2.45) is 5.92 Å². The van der Waals surface area contributed by atoms with Crippen molar-refractivity contribution >= 4 is 0 Å². The zero-order valence-corrected chi connectivity index (χ0v) is 15.1. The summed E-state index contributed by atoms with van der Waals surface area (Å²) in [6, 6.07) is 11.3. The van der Waals surface area contributed by atoms with Crippen LogP contribution < -0.4 is 0 Å². The van der Waals surface area contributed by atoms with Crippen LogP contribution in [0.4, 0.5) is 4.39 Å². The number of benzene rings is 1. The normalized spacial score (nSPS) is 16.4. The standard InChI is InChI=1S/C21H28FN3/c1-24(17-19-5-4-11-23-15-19)16-18-8-12-25(13-9-18)14-10-20-6-2-3-7-21(20)22/h2-7,11,15,18H,8-10,12-14,16-17H2,1H3. The number of hydrogen-bond donors (Lipinski definition) is 0. The molecule has 0 saturated carbocycles. The van der Waals surface area contributed by atoms with Gasteiger partial charge < -0.3 is 9.80 Å². The fourth-order valence-electron chi connectivity index (χ4n) is 3.68. The van der Waals surface area contributed by atoms with Gasteiger partial charge >= 0.3 is 0 Å². The van der Waals surface area contributed by atoms with Crippen LogP contribution in [-0.4, -0.2) is 48.0 Å². The lowest BCUT2D eigenvalue weighted by Crippen LogP contribution is -2.38. The van der Waals surface area contributed by atoms with E-state index >= 15 is 0 Å². The minimum absolute atomic E-state index is 0.0746. The van der Waals surface area contributed by atoms with Gasteiger partial charge in [0.25, 0.3) is 0 Å². The van der Waals surface area contributed by atoms with Gasteiger partial charge in [-0.2, -0.15) is 0 Å². The van der Waals surface area contributed by atoms with E-state index in [2.05, 4.69) is 27.9 Å². The van der Waals surface area contributed by atoms with Crippen LogP contribution in [0.2, 0.25) is 0 Å². The molecule has 4 heteroatoms. The largest absolute Gasteiger partial charge is 0.303 e. The molecule has 0 spiro atoms. The van der Waals surface area contributed by atoms with E-state index in [1.807, 2.05) is 30.6 Å². The number of halogens is 1. The average Bonchev–Trinajstić information content (AvgIpc) is 2.63. The van der Waals surface area contributed by atoms with E-state index in [1.165, 1.54) is 18.4 Å². The third kappa shape index (κ3) is 5.62. The molecule has 1 saturated heterocycles. The maximum absolute atomic E-state index is 13.7. The first kappa shape index (κ1) is 18.0. The lowest BCUT2D eigenvalue weighted by Gasteiger charge is -2.34. The van der Waals surface area contributed by atoms with E-state index in [1.54, 1.807) is 12.1 Å². The highest BCUT2D eigenvalue weighted by Gasteiger charge is 2.20. The molecule has 1 aliphatic heterocycles. The summed E-state index contributed by atoms with van der Waals surface area (Å²) in [5.41, 5.74) is 2.10. The summed E-state index contributed by atoms with van der Waals surface area (Å²) < 4.78 is 13.7. The monoisotopic (exact) mass is 341 g/mol. The molecule has 3 rings (SSSR count). The maximum Gasteiger partial charge on any atom is 0.126 e. The van der Waals surface area contributed by atoms with Gasteiger partial charge in [-0.1, -0.05) is 24.3 Å². The smallest absolute Gasteiger partial charge is 0.126 e. The number of hydrogen-bond acceptors (Lipinski definition) is 3. The van der Waals surface area contributed by atoms with E-state index in [9.17, 15) is 4.39 Å². The second kappa shape index (κ2) is 9.07. The van der Waals surface area contributed by atoms with Crippen LogP contribution in [0.5, 0.6) is 0 Å². The summed E-state index contributed by atoms with van der Waals surface area (Å²) in [7, 11) is 2.19.